The van der Waals surface area contributed by atoms with Gasteiger partial charge in [0.05, 0.1) is 16.3 Å². The second-order valence-corrected chi connectivity index (χ2v) is 13.7. The number of amides is 2. The number of carboxylic acids is 1. The maximum atomic E-state index is 14.6. The number of aromatic carboxylic acids is 1. The fourth-order valence-corrected chi connectivity index (χ4v) is 7.62. The summed E-state index contributed by atoms with van der Waals surface area (Å²) in [7, 11) is -4.15. The first-order valence-electron chi connectivity index (χ1n) is 15.9. The van der Waals surface area contributed by atoms with E-state index in [9.17, 15) is 27.9 Å². The van der Waals surface area contributed by atoms with Gasteiger partial charge in [0.2, 0.25) is 11.7 Å². The summed E-state index contributed by atoms with van der Waals surface area (Å²) in [5.41, 5.74) is 3.97. The largest absolute Gasteiger partial charge is 0.475 e. The molecule has 0 atom stereocenters. The minimum atomic E-state index is -4.15. The van der Waals surface area contributed by atoms with E-state index in [0.29, 0.717) is 66.1 Å². The number of para-hydroxylation sites is 2. The second-order valence-electron chi connectivity index (χ2n) is 11.9. The summed E-state index contributed by atoms with van der Waals surface area (Å²) in [6, 6.07) is 28.2. The molecule has 0 radical (unpaired) electrons. The van der Waals surface area contributed by atoms with Gasteiger partial charge in [0.25, 0.3) is 15.9 Å². The number of nitrogens with one attached hydrogen (secondary N) is 1. The first-order chi connectivity index (χ1) is 23.5. The van der Waals surface area contributed by atoms with E-state index < -0.39 is 16.0 Å². The van der Waals surface area contributed by atoms with Crippen molar-refractivity contribution in [3.8, 4) is 0 Å². The summed E-state index contributed by atoms with van der Waals surface area (Å²) in [5, 5.41) is 12.7. The second kappa shape index (κ2) is 13.9. The van der Waals surface area contributed by atoms with Gasteiger partial charge in [-0.3, -0.25) is 13.9 Å². The Kier molecular flexibility index (Phi) is 9.41. The molecule has 2 N–H and O–H groups in total. The van der Waals surface area contributed by atoms with E-state index in [4.69, 9.17) is 4.42 Å². The van der Waals surface area contributed by atoms with Gasteiger partial charge in [-0.15, -0.1) is 0 Å². The lowest BCUT2D eigenvalue weighted by molar-refractivity contribution is -0.114. The molecule has 12 heteroatoms. The quantitative estimate of drug-likeness (QED) is 0.189. The first-order valence-corrected chi connectivity index (χ1v) is 17.3. The van der Waals surface area contributed by atoms with Crippen molar-refractivity contribution >= 4 is 55.8 Å². The number of anilines is 3. The molecule has 6 rings (SSSR count). The number of hydrogen-bond donors (Lipinski definition) is 2. The van der Waals surface area contributed by atoms with Crippen molar-refractivity contribution < 1.29 is 32.3 Å². The molecule has 0 bridgehead atoms. The lowest BCUT2D eigenvalue weighted by Crippen LogP contribution is -2.49. The SMILES string of the molecule is CC(=O)Nc1ccc(C(=O)N2CCN(c3ccccc3N(CCc3ccccc3)S(=O)(=O)c3ccc4oc(C(=O)O)c(C)c4c3)CC2)cc1. The zero-order chi connectivity index (χ0) is 34.7. The van der Waals surface area contributed by atoms with E-state index in [0.717, 1.165) is 11.3 Å². The Bertz CT molecular complexity index is 2120. The number of nitrogens with zero attached hydrogens (tertiary/aromatic N) is 3. The molecule has 49 heavy (non-hydrogen) atoms. The van der Waals surface area contributed by atoms with Gasteiger partial charge in [0.1, 0.15) is 5.58 Å². The van der Waals surface area contributed by atoms with Gasteiger partial charge < -0.3 is 24.6 Å². The van der Waals surface area contributed by atoms with Crippen molar-refractivity contribution in [1.29, 1.82) is 0 Å². The molecule has 4 aromatic carbocycles. The maximum absolute atomic E-state index is 14.6. The summed E-state index contributed by atoms with van der Waals surface area (Å²) in [5.74, 6) is -1.76. The van der Waals surface area contributed by atoms with Crippen LogP contribution in [0.2, 0.25) is 0 Å². The van der Waals surface area contributed by atoms with E-state index in [1.165, 1.54) is 29.4 Å². The van der Waals surface area contributed by atoms with Gasteiger partial charge in [-0.1, -0.05) is 42.5 Å². The number of carboxylic acid groups (broad SMARTS) is 1. The summed E-state index contributed by atoms with van der Waals surface area (Å²) in [6.07, 6.45) is 0.452. The molecule has 252 valence electrons. The normalized spacial score (nSPS) is 13.3. The van der Waals surface area contributed by atoms with Crippen molar-refractivity contribution in [2.75, 3.05) is 47.2 Å². The highest BCUT2D eigenvalue weighted by atomic mass is 32.2. The van der Waals surface area contributed by atoms with Crippen molar-refractivity contribution in [1.82, 2.24) is 4.90 Å². The van der Waals surface area contributed by atoms with Gasteiger partial charge in [-0.2, -0.15) is 0 Å². The van der Waals surface area contributed by atoms with Crippen LogP contribution in [0.5, 0.6) is 0 Å². The molecule has 11 nitrogen and oxygen atoms in total. The molecule has 1 aliphatic heterocycles. The number of carbonyl (C=O) groups is 3. The number of carbonyl (C=O) groups excluding carboxylic acids is 2. The number of hydrogen-bond acceptors (Lipinski definition) is 7. The van der Waals surface area contributed by atoms with Crippen molar-refractivity contribution in [3.63, 3.8) is 0 Å². The number of sulfonamides is 1. The van der Waals surface area contributed by atoms with E-state index in [2.05, 4.69) is 10.2 Å². The highest BCUT2D eigenvalue weighted by Gasteiger charge is 2.31. The Balaban J connectivity index is 1.29. The van der Waals surface area contributed by atoms with Gasteiger partial charge in [0, 0.05) is 61.8 Å². The molecule has 0 spiro atoms. The molecule has 0 unspecified atom stereocenters. The van der Waals surface area contributed by atoms with Crippen LogP contribution in [0, 0.1) is 6.92 Å². The number of fused-ring (bicyclic) bond motifs is 1. The Labute approximate surface area is 284 Å². The smallest absolute Gasteiger partial charge is 0.372 e. The Hall–Kier alpha value is -5.62. The van der Waals surface area contributed by atoms with Crippen LogP contribution in [0.25, 0.3) is 11.0 Å². The standard InChI is InChI=1S/C37H36N4O7S/c1-25-31-24-30(16-17-34(31)48-35(25)37(44)45)49(46,47)41(19-18-27-8-4-3-5-9-27)33-11-7-6-10-32(33)39-20-22-40(23-21-39)36(43)28-12-14-29(15-13-28)38-26(2)42/h3-17,24H,18-23H2,1-2H3,(H,38,42)(H,44,45). The Morgan fingerprint density at radius 3 is 2.22 bits per heavy atom. The third-order valence-corrected chi connectivity index (χ3v) is 10.5. The third-order valence-electron chi connectivity index (χ3n) is 8.65. The highest BCUT2D eigenvalue weighted by molar-refractivity contribution is 7.92. The monoisotopic (exact) mass is 680 g/mol. The molecule has 5 aromatic rings. The molecule has 1 fully saturated rings. The molecule has 1 saturated heterocycles. The highest BCUT2D eigenvalue weighted by Crippen LogP contribution is 2.36. The van der Waals surface area contributed by atoms with Crippen LogP contribution in [0.15, 0.2) is 106 Å². The zero-order valence-corrected chi connectivity index (χ0v) is 27.9. The maximum Gasteiger partial charge on any atom is 0.372 e. The van der Waals surface area contributed by atoms with Crippen LogP contribution in [-0.4, -0.2) is 68.9 Å². The molecule has 1 aliphatic rings. The van der Waals surface area contributed by atoms with Crippen LogP contribution in [0.4, 0.5) is 17.1 Å². The van der Waals surface area contributed by atoms with Gasteiger partial charge in [0.15, 0.2) is 0 Å². The van der Waals surface area contributed by atoms with Crippen LogP contribution in [0.3, 0.4) is 0 Å². The number of furan rings is 1. The summed E-state index contributed by atoms with van der Waals surface area (Å²) in [4.78, 5) is 40.2. The van der Waals surface area contributed by atoms with E-state index in [-0.39, 0.29) is 29.0 Å². The van der Waals surface area contributed by atoms with E-state index >= 15 is 0 Å². The predicted molar refractivity (Wildman–Crippen MR) is 188 cm³/mol. The Morgan fingerprint density at radius 2 is 1.55 bits per heavy atom. The first kappa shape index (κ1) is 33.3. The Morgan fingerprint density at radius 1 is 0.878 bits per heavy atom. The van der Waals surface area contributed by atoms with Crippen molar-refractivity contribution in [3.05, 3.63) is 120 Å². The van der Waals surface area contributed by atoms with Gasteiger partial charge in [-0.25, -0.2) is 13.2 Å². The predicted octanol–water partition coefficient (Wildman–Crippen LogP) is 5.80. The van der Waals surface area contributed by atoms with E-state index in [1.54, 1.807) is 48.2 Å². The fraction of sp³-hybridized carbons (Fsp3) is 0.216. The molecule has 2 heterocycles. The van der Waals surface area contributed by atoms with Gasteiger partial charge in [-0.05, 0) is 73.5 Å². The van der Waals surface area contributed by atoms with Crippen LogP contribution < -0.4 is 14.5 Å². The minimum absolute atomic E-state index is 0.0173. The van der Waals surface area contributed by atoms with Crippen molar-refractivity contribution in [2.45, 2.75) is 25.2 Å². The topological polar surface area (TPSA) is 140 Å². The number of aryl methyl sites for hydroxylation is 1. The number of benzene rings is 4. The molecular weight excluding hydrogens is 644 g/mol. The van der Waals surface area contributed by atoms with Crippen LogP contribution >= 0.6 is 0 Å². The molecule has 0 saturated carbocycles. The summed E-state index contributed by atoms with van der Waals surface area (Å²) >= 11 is 0. The van der Waals surface area contributed by atoms with Crippen molar-refractivity contribution in [2.24, 2.45) is 0 Å². The van der Waals surface area contributed by atoms with Crippen LogP contribution in [-0.2, 0) is 21.2 Å². The number of piperazine rings is 1. The minimum Gasteiger partial charge on any atom is -0.475 e. The third kappa shape index (κ3) is 7.00. The average molecular weight is 681 g/mol. The molecule has 1 aromatic heterocycles. The van der Waals surface area contributed by atoms with Gasteiger partial charge >= 0.3 is 5.97 Å². The summed E-state index contributed by atoms with van der Waals surface area (Å²) in [6.45, 7) is 5.00. The zero-order valence-electron chi connectivity index (χ0n) is 27.1. The summed E-state index contributed by atoms with van der Waals surface area (Å²) < 4.78 is 36.0. The molecular formula is C37H36N4O7S. The molecule has 2 amide bonds. The average Bonchev–Trinajstić information content (AvgIpc) is 3.44. The van der Waals surface area contributed by atoms with E-state index in [1.807, 2.05) is 42.5 Å². The van der Waals surface area contributed by atoms with Crippen LogP contribution in [0.1, 0.15) is 39.0 Å². The fourth-order valence-electron chi connectivity index (χ4n) is 6.11. The lowest BCUT2D eigenvalue weighted by Gasteiger charge is -2.38. The number of rotatable bonds is 10. The lowest BCUT2D eigenvalue weighted by atomic mass is 10.1. The molecule has 0 aliphatic carbocycles.